The number of anilines is 1. The third-order valence-electron chi connectivity index (χ3n) is 4.13. The maximum atomic E-state index is 12.3. The van der Waals surface area contributed by atoms with Crippen LogP contribution in [0, 0.1) is 0 Å². The van der Waals surface area contributed by atoms with Crippen molar-refractivity contribution in [2.75, 3.05) is 45.8 Å². The number of thiazole rings is 1. The first-order chi connectivity index (χ1) is 12.6. The highest BCUT2D eigenvalue weighted by Crippen LogP contribution is 2.34. The van der Waals surface area contributed by atoms with E-state index in [9.17, 15) is 4.79 Å². The van der Waals surface area contributed by atoms with E-state index in [1.807, 2.05) is 30.5 Å². The second kappa shape index (κ2) is 8.48. The van der Waals surface area contributed by atoms with Crippen LogP contribution in [0.3, 0.4) is 0 Å². The van der Waals surface area contributed by atoms with E-state index in [0.29, 0.717) is 29.8 Å². The van der Waals surface area contributed by atoms with Crippen molar-refractivity contribution in [2.45, 2.75) is 13.0 Å². The quantitative estimate of drug-likeness (QED) is 0.834. The fourth-order valence-corrected chi connectivity index (χ4v) is 3.59. The Morgan fingerprint density at radius 2 is 2.27 bits per heavy atom. The molecule has 2 aromatic rings. The SMILES string of the molecule is COc1ccc(-c2csc(NC(=O)CN3CCOC(C)C3)n2)c(OC)c1. The van der Waals surface area contributed by atoms with E-state index in [4.69, 9.17) is 14.2 Å². The Morgan fingerprint density at radius 3 is 3.00 bits per heavy atom. The summed E-state index contributed by atoms with van der Waals surface area (Å²) in [7, 11) is 3.22. The van der Waals surface area contributed by atoms with Gasteiger partial charge in [-0.05, 0) is 19.1 Å². The van der Waals surface area contributed by atoms with E-state index < -0.39 is 0 Å². The first-order valence-corrected chi connectivity index (χ1v) is 9.28. The van der Waals surface area contributed by atoms with Crippen molar-refractivity contribution in [3.05, 3.63) is 23.6 Å². The van der Waals surface area contributed by atoms with Crippen LogP contribution < -0.4 is 14.8 Å². The molecule has 0 saturated carbocycles. The molecule has 1 aliphatic heterocycles. The van der Waals surface area contributed by atoms with Crippen molar-refractivity contribution >= 4 is 22.4 Å². The van der Waals surface area contributed by atoms with Crippen molar-refractivity contribution < 1.29 is 19.0 Å². The van der Waals surface area contributed by atoms with Crippen molar-refractivity contribution in [3.8, 4) is 22.8 Å². The average Bonchev–Trinajstić information content (AvgIpc) is 3.09. The molecule has 1 atom stereocenters. The molecule has 8 heteroatoms. The molecule has 0 radical (unpaired) electrons. The van der Waals surface area contributed by atoms with Gasteiger partial charge in [-0.2, -0.15) is 0 Å². The molecule has 3 rings (SSSR count). The number of rotatable bonds is 6. The van der Waals surface area contributed by atoms with Crippen LogP contribution in [-0.2, 0) is 9.53 Å². The maximum absolute atomic E-state index is 12.3. The van der Waals surface area contributed by atoms with Gasteiger partial charge >= 0.3 is 0 Å². The lowest BCUT2D eigenvalue weighted by Gasteiger charge is -2.30. The van der Waals surface area contributed by atoms with Gasteiger partial charge in [-0.1, -0.05) is 0 Å². The molecule has 1 aromatic heterocycles. The van der Waals surface area contributed by atoms with E-state index in [2.05, 4.69) is 15.2 Å². The summed E-state index contributed by atoms with van der Waals surface area (Å²) < 4.78 is 16.1. The van der Waals surface area contributed by atoms with Crippen molar-refractivity contribution in [1.29, 1.82) is 0 Å². The maximum Gasteiger partial charge on any atom is 0.240 e. The van der Waals surface area contributed by atoms with Crippen LogP contribution in [0.1, 0.15) is 6.92 Å². The predicted molar refractivity (Wildman–Crippen MR) is 101 cm³/mol. The van der Waals surface area contributed by atoms with Crippen LogP contribution >= 0.6 is 11.3 Å². The van der Waals surface area contributed by atoms with E-state index in [1.165, 1.54) is 11.3 Å². The lowest BCUT2D eigenvalue weighted by atomic mass is 10.1. The summed E-state index contributed by atoms with van der Waals surface area (Å²) in [5.41, 5.74) is 1.61. The van der Waals surface area contributed by atoms with Gasteiger partial charge in [0.25, 0.3) is 0 Å². The van der Waals surface area contributed by atoms with Crippen LogP contribution in [0.4, 0.5) is 5.13 Å². The number of carbonyl (C=O) groups excluding carboxylic acids is 1. The van der Waals surface area contributed by atoms with Gasteiger partial charge in [-0.25, -0.2) is 4.98 Å². The molecular formula is C18H23N3O4S. The molecule has 1 saturated heterocycles. The topological polar surface area (TPSA) is 72.9 Å². The number of amides is 1. The first kappa shape index (κ1) is 18.6. The number of morpholine rings is 1. The Bertz CT molecular complexity index is 765. The minimum atomic E-state index is -0.0679. The summed E-state index contributed by atoms with van der Waals surface area (Å²) in [6.45, 7) is 4.55. The second-order valence-corrected chi connectivity index (χ2v) is 6.93. The van der Waals surface area contributed by atoms with E-state index in [0.717, 1.165) is 24.3 Å². The van der Waals surface area contributed by atoms with Gasteiger partial charge in [0, 0.05) is 30.1 Å². The van der Waals surface area contributed by atoms with Crippen LogP contribution in [0.25, 0.3) is 11.3 Å². The molecule has 1 aliphatic rings. The van der Waals surface area contributed by atoms with Gasteiger partial charge < -0.3 is 19.5 Å². The zero-order valence-electron chi connectivity index (χ0n) is 15.2. The van der Waals surface area contributed by atoms with Crippen LogP contribution in [0.2, 0.25) is 0 Å². The van der Waals surface area contributed by atoms with Gasteiger partial charge in [0.05, 0.1) is 39.2 Å². The lowest BCUT2D eigenvalue weighted by Crippen LogP contribution is -2.44. The summed E-state index contributed by atoms with van der Waals surface area (Å²) in [6.07, 6.45) is 0.158. The number of hydrogen-bond acceptors (Lipinski definition) is 7. The van der Waals surface area contributed by atoms with Gasteiger partial charge in [-0.15, -0.1) is 11.3 Å². The Morgan fingerprint density at radius 1 is 1.42 bits per heavy atom. The van der Waals surface area contributed by atoms with E-state index in [1.54, 1.807) is 14.2 Å². The Kier molecular flexibility index (Phi) is 6.08. The standard InChI is InChI=1S/C18H23N3O4S/c1-12-9-21(6-7-25-12)10-17(22)20-18-19-15(11-26-18)14-5-4-13(23-2)8-16(14)24-3/h4-5,8,11-12H,6-7,9-10H2,1-3H3,(H,19,20,22). The summed E-state index contributed by atoms with van der Waals surface area (Å²) in [5, 5.41) is 5.35. The van der Waals surface area contributed by atoms with Crippen molar-refractivity contribution in [3.63, 3.8) is 0 Å². The van der Waals surface area contributed by atoms with Gasteiger partial charge in [-0.3, -0.25) is 9.69 Å². The van der Waals surface area contributed by atoms with Gasteiger partial charge in [0.1, 0.15) is 11.5 Å². The van der Waals surface area contributed by atoms with Crippen LogP contribution in [0.5, 0.6) is 11.5 Å². The largest absolute Gasteiger partial charge is 0.497 e. The van der Waals surface area contributed by atoms with Gasteiger partial charge in [0.15, 0.2) is 5.13 Å². The predicted octanol–water partition coefficient (Wildman–Crippen LogP) is 2.49. The molecule has 0 spiro atoms. The lowest BCUT2D eigenvalue weighted by molar-refractivity contribution is -0.119. The third kappa shape index (κ3) is 4.51. The number of ether oxygens (including phenoxy) is 3. The Labute approximate surface area is 156 Å². The molecule has 26 heavy (non-hydrogen) atoms. The summed E-state index contributed by atoms with van der Waals surface area (Å²) in [5.74, 6) is 1.32. The molecule has 1 fully saturated rings. The second-order valence-electron chi connectivity index (χ2n) is 6.07. The number of nitrogens with one attached hydrogen (secondary N) is 1. The third-order valence-corrected chi connectivity index (χ3v) is 4.89. The normalized spacial score (nSPS) is 17.7. The average molecular weight is 377 g/mol. The number of methoxy groups -OCH3 is 2. The van der Waals surface area contributed by atoms with Crippen LogP contribution in [0.15, 0.2) is 23.6 Å². The molecule has 1 unspecified atom stereocenters. The summed E-state index contributed by atoms with van der Waals surface area (Å²) in [6, 6.07) is 5.56. The fraction of sp³-hybridized carbons (Fsp3) is 0.444. The monoisotopic (exact) mass is 377 g/mol. The highest BCUT2D eigenvalue weighted by atomic mass is 32.1. The molecule has 1 aromatic carbocycles. The minimum Gasteiger partial charge on any atom is -0.497 e. The van der Waals surface area contributed by atoms with Crippen LogP contribution in [-0.4, -0.2) is 62.4 Å². The fourth-order valence-electron chi connectivity index (χ4n) is 2.86. The smallest absolute Gasteiger partial charge is 0.240 e. The number of aromatic nitrogens is 1. The molecular weight excluding hydrogens is 354 g/mol. The summed E-state index contributed by atoms with van der Waals surface area (Å²) >= 11 is 1.39. The van der Waals surface area contributed by atoms with E-state index in [-0.39, 0.29) is 12.0 Å². The number of nitrogens with zero attached hydrogens (tertiary/aromatic N) is 2. The van der Waals surface area contributed by atoms with Crippen molar-refractivity contribution in [2.24, 2.45) is 0 Å². The van der Waals surface area contributed by atoms with Gasteiger partial charge in [0.2, 0.25) is 5.91 Å². The molecule has 1 N–H and O–H groups in total. The Hall–Kier alpha value is -2.16. The molecule has 2 heterocycles. The van der Waals surface area contributed by atoms with E-state index >= 15 is 0 Å². The summed E-state index contributed by atoms with van der Waals surface area (Å²) in [4.78, 5) is 18.9. The highest BCUT2D eigenvalue weighted by Gasteiger charge is 2.19. The zero-order valence-corrected chi connectivity index (χ0v) is 16.0. The molecule has 140 valence electrons. The minimum absolute atomic E-state index is 0.0679. The molecule has 0 aliphatic carbocycles. The number of hydrogen-bond donors (Lipinski definition) is 1. The zero-order chi connectivity index (χ0) is 18.5. The van der Waals surface area contributed by atoms with Crippen molar-refractivity contribution in [1.82, 2.24) is 9.88 Å². The Balaban J connectivity index is 1.65. The molecule has 0 bridgehead atoms. The molecule has 7 nitrogen and oxygen atoms in total. The number of carbonyl (C=O) groups is 1. The highest BCUT2D eigenvalue weighted by molar-refractivity contribution is 7.14. The number of benzene rings is 1. The first-order valence-electron chi connectivity index (χ1n) is 8.40. The molecule has 1 amide bonds.